The molecular formula is C31H45N3O5. The van der Waals surface area contributed by atoms with Gasteiger partial charge in [0.2, 0.25) is 11.8 Å². The summed E-state index contributed by atoms with van der Waals surface area (Å²) in [4.78, 5) is 41.7. The van der Waals surface area contributed by atoms with Crippen LogP contribution < -0.4 is 10.6 Å². The zero-order chi connectivity index (χ0) is 28.8. The van der Waals surface area contributed by atoms with Crippen molar-refractivity contribution in [3.05, 3.63) is 71.3 Å². The number of alkyl carbamates (subject to hydrolysis) is 1. The number of aliphatic hydroxyl groups is 1. The topological polar surface area (TPSA) is 108 Å². The molecule has 0 aromatic heterocycles. The van der Waals surface area contributed by atoms with Gasteiger partial charge in [0.1, 0.15) is 17.7 Å². The minimum absolute atomic E-state index is 0.298. The molecule has 0 fully saturated rings. The smallest absolute Gasteiger partial charge is 0.408 e. The van der Waals surface area contributed by atoms with Gasteiger partial charge in [0.25, 0.3) is 0 Å². The Hall–Kier alpha value is -3.39. The lowest BCUT2D eigenvalue weighted by Crippen LogP contribution is -2.54. The molecule has 2 unspecified atom stereocenters. The lowest BCUT2D eigenvalue weighted by Gasteiger charge is -2.34. The molecule has 2 aromatic carbocycles. The molecule has 0 bridgehead atoms. The maximum absolute atomic E-state index is 13.9. The Morgan fingerprint density at radius 3 is 2.21 bits per heavy atom. The first-order valence-electron chi connectivity index (χ1n) is 13.9. The fourth-order valence-electron chi connectivity index (χ4n) is 4.31. The summed E-state index contributed by atoms with van der Waals surface area (Å²) in [6.07, 6.45) is 3.97. The van der Waals surface area contributed by atoms with Crippen molar-refractivity contribution in [2.24, 2.45) is 0 Å². The van der Waals surface area contributed by atoms with Crippen LogP contribution in [0.3, 0.4) is 0 Å². The second kappa shape index (κ2) is 15.9. The number of unbranched alkanes of at least 4 members (excludes halogenated alkanes) is 4. The van der Waals surface area contributed by atoms with Crippen molar-refractivity contribution in [2.75, 3.05) is 13.2 Å². The van der Waals surface area contributed by atoms with Crippen LogP contribution in [0, 0.1) is 6.92 Å². The van der Waals surface area contributed by atoms with Crippen molar-refractivity contribution in [1.82, 2.24) is 15.5 Å². The number of rotatable bonds is 14. The van der Waals surface area contributed by atoms with Crippen LogP contribution in [0.4, 0.5) is 4.79 Å². The van der Waals surface area contributed by atoms with Gasteiger partial charge in [-0.2, -0.15) is 0 Å². The molecule has 0 spiro atoms. The number of hydrogen-bond acceptors (Lipinski definition) is 5. The Morgan fingerprint density at radius 1 is 0.949 bits per heavy atom. The zero-order valence-corrected chi connectivity index (χ0v) is 24.0. The third kappa shape index (κ3) is 10.7. The quantitative estimate of drug-likeness (QED) is 0.292. The van der Waals surface area contributed by atoms with E-state index in [-0.39, 0.29) is 5.91 Å². The summed E-state index contributed by atoms with van der Waals surface area (Å²) < 4.78 is 5.31. The number of hydrogen-bond donors (Lipinski definition) is 3. The van der Waals surface area contributed by atoms with Crippen molar-refractivity contribution < 1.29 is 24.2 Å². The summed E-state index contributed by atoms with van der Waals surface area (Å²) >= 11 is 0. The van der Waals surface area contributed by atoms with E-state index in [1.807, 2.05) is 61.5 Å². The summed E-state index contributed by atoms with van der Waals surface area (Å²) in [5.41, 5.74) is 1.72. The van der Waals surface area contributed by atoms with Crippen LogP contribution in [-0.4, -0.2) is 52.7 Å². The van der Waals surface area contributed by atoms with E-state index in [2.05, 4.69) is 17.6 Å². The molecule has 3 amide bonds. The molecular weight excluding hydrogens is 494 g/mol. The van der Waals surface area contributed by atoms with Crippen molar-refractivity contribution in [2.45, 2.75) is 91.0 Å². The monoisotopic (exact) mass is 539 g/mol. The van der Waals surface area contributed by atoms with Crippen LogP contribution in [0.5, 0.6) is 0 Å². The number of nitrogens with zero attached hydrogens (tertiary/aromatic N) is 1. The van der Waals surface area contributed by atoms with Crippen molar-refractivity contribution in [3.8, 4) is 0 Å². The van der Waals surface area contributed by atoms with E-state index in [1.54, 1.807) is 20.8 Å². The van der Waals surface area contributed by atoms with E-state index in [9.17, 15) is 19.5 Å². The van der Waals surface area contributed by atoms with E-state index in [4.69, 9.17) is 4.74 Å². The number of carbonyl (C=O) groups is 3. The first kappa shape index (κ1) is 31.8. The van der Waals surface area contributed by atoms with Crippen LogP contribution in [-0.2, 0) is 20.9 Å². The van der Waals surface area contributed by atoms with Crippen molar-refractivity contribution in [3.63, 3.8) is 0 Å². The number of aliphatic hydroxyl groups excluding tert-OH is 1. The third-order valence-electron chi connectivity index (χ3n) is 6.31. The minimum atomic E-state index is -1.26. The summed E-state index contributed by atoms with van der Waals surface area (Å²) in [6.45, 7) is 9.17. The van der Waals surface area contributed by atoms with Gasteiger partial charge in [-0.1, -0.05) is 87.2 Å². The van der Waals surface area contributed by atoms with Crippen LogP contribution in [0.2, 0.25) is 0 Å². The predicted molar refractivity (Wildman–Crippen MR) is 153 cm³/mol. The largest absolute Gasteiger partial charge is 0.444 e. The van der Waals surface area contributed by atoms with Crippen LogP contribution in [0.15, 0.2) is 54.6 Å². The normalized spacial score (nSPS) is 12.8. The van der Waals surface area contributed by atoms with Crippen molar-refractivity contribution in [1.29, 1.82) is 0 Å². The standard InChI is InChI=1S/C31H45N3O5/c1-6-7-8-9-15-20-34(29(37)26(22-35)33-30(38)39-31(3,4)5)27(25-19-14-13-16-23(25)2)28(36)32-21-24-17-11-10-12-18-24/h10-14,16-19,26-27,35H,6-9,15,20-22H2,1-5H3,(H,32,36)(H,33,38). The zero-order valence-electron chi connectivity index (χ0n) is 24.0. The second-order valence-corrected chi connectivity index (χ2v) is 10.8. The maximum Gasteiger partial charge on any atom is 0.408 e. The molecule has 2 aromatic rings. The first-order chi connectivity index (χ1) is 18.6. The number of amides is 3. The maximum atomic E-state index is 13.9. The summed E-state index contributed by atoms with van der Waals surface area (Å²) in [7, 11) is 0. The molecule has 0 saturated carbocycles. The average molecular weight is 540 g/mol. The van der Waals surface area contributed by atoms with Crippen LogP contribution in [0.1, 0.15) is 82.5 Å². The second-order valence-electron chi connectivity index (χ2n) is 10.8. The van der Waals surface area contributed by atoms with E-state index in [0.717, 1.165) is 36.8 Å². The predicted octanol–water partition coefficient (Wildman–Crippen LogP) is 5.04. The van der Waals surface area contributed by atoms with Crippen LogP contribution in [0.25, 0.3) is 0 Å². The lowest BCUT2D eigenvalue weighted by atomic mass is 9.97. The van der Waals surface area contributed by atoms with Gasteiger partial charge in [0.15, 0.2) is 0 Å². The molecule has 0 aliphatic heterocycles. The molecule has 0 saturated heterocycles. The molecule has 39 heavy (non-hydrogen) atoms. The first-order valence-corrected chi connectivity index (χ1v) is 13.9. The number of benzene rings is 2. The Kier molecular flexibility index (Phi) is 13.0. The molecule has 8 heteroatoms. The summed E-state index contributed by atoms with van der Waals surface area (Å²) in [5, 5.41) is 15.6. The molecule has 0 heterocycles. The SMILES string of the molecule is CCCCCCCN(C(=O)C(CO)NC(=O)OC(C)(C)C)C(C(=O)NCc1ccccc1)c1ccccc1C. The van der Waals surface area contributed by atoms with E-state index >= 15 is 0 Å². The van der Waals surface area contributed by atoms with Gasteiger partial charge >= 0.3 is 6.09 Å². The number of carbonyl (C=O) groups excluding carboxylic acids is 3. The third-order valence-corrected chi connectivity index (χ3v) is 6.31. The van der Waals surface area contributed by atoms with Gasteiger partial charge < -0.3 is 25.4 Å². The highest BCUT2D eigenvalue weighted by atomic mass is 16.6. The fourth-order valence-corrected chi connectivity index (χ4v) is 4.31. The molecule has 0 radical (unpaired) electrons. The molecule has 2 rings (SSSR count). The fraction of sp³-hybridized carbons (Fsp3) is 0.516. The highest BCUT2D eigenvalue weighted by molar-refractivity contribution is 5.92. The molecule has 0 aliphatic rings. The van der Waals surface area contributed by atoms with Crippen LogP contribution >= 0.6 is 0 Å². The Balaban J connectivity index is 2.40. The Morgan fingerprint density at radius 2 is 1.59 bits per heavy atom. The van der Waals surface area contributed by atoms with Gasteiger partial charge in [-0.3, -0.25) is 9.59 Å². The number of ether oxygens (including phenoxy) is 1. The minimum Gasteiger partial charge on any atom is -0.444 e. The van der Waals surface area contributed by atoms with Gasteiger partial charge in [0.05, 0.1) is 6.61 Å². The van der Waals surface area contributed by atoms with E-state index < -0.39 is 36.3 Å². The number of nitrogens with one attached hydrogen (secondary N) is 2. The van der Waals surface area contributed by atoms with E-state index in [0.29, 0.717) is 25.1 Å². The van der Waals surface area contributed by atoms with Crippen molar-refractivity contribution >= 4 is 17.9 Å². The molecule has 3 N–H and O–H groups in total. The molecule has 0 aliphatic carbocycles. The molecule has 214 valence electrons. The summed E-state index contributed by atoms with van der Waals surface area (Å²) in [6, 6.07) is 14.8. The average Bonchev–Trinajstić information content (AvgIpc) is 2.89. The Labute approximate surface area is 233 Å². The highest BCUT2D eigenvalue weighted by Crippen LogP contribution is 2.26. The highest BCUT2D eigenvalue weighted by Gasteiger charge is 2.36. The van der Waals surface area contributed by atoms with Gasteiger partial charge in [-0.15, -0.1) is 0 Å². The number of aryl methyl sites for hydroxylation is 1. The van der Waals surface area contributed by atoms with E-state index in [1.165, 1.54) is 4.90 Å². The molecule has 8 nitrogen and oxygen atoms in total. The van der Waals surface area contributed by atoms with Gasteiger partial charge in [0, 0.05) is 13.1 Å². The van der Waals surface area contributed by atoms with Gasteiger partial charge in [-0.05, 0) is 50.8 Å². The summed E-state index contributed by atoms with van der Waals surface area (Å²) in [5.74, 6) is -0.869. The Bertz CT molecular complexity index is 1050. The lowest BCUT2D eigenvalue weighted by molar-refractivity contribution is -0.143. The molecule has 2 atom stereocenters. The van der Waals surface area contributed by atoms with Gasteiger partial charge in [-0.25, -0.2) is 4.79 Å².